The number of unbranched alkanes of at least 4 members (excludes halogenated alkanes) is 8. The van der Waals surface area contributed by atoms with E-state index in [9.17, 15) is 0 Å². The van der Waals surface area contributed by atoms with Crippen molar-refractivity contribution in [3.8, 4) is 0 Å². The molecule has 1 radical (unpaired) electrons. The molecule has 0 aromatic heterocycles. The summed E-state index contributed by atoms with van der Waals surface area (Å²) in [7, 11) is 0. The number of allylic oxidation sites excluding steroid dienone is 3. The molecular formula is C15H27. The van der Waals surface area contributed by atoms with Gasteiger partial charge >= 0.3 is 0 Å². The van der Waals surface area contributed by atoms with E-state index in [1.807, 2.05) is 0 Å². The van der Waals surface area contributed by atoms with Crippen LogP contribution in [0.25, 0.3) is 0 Å². The lowest BCUT2D eigenvalue weighted by atomic mass is 10.1. The van der Waals surface area contributed by atoms with E-state index in [1.54, 1.807) is 6.08 Å². The largest absolute Gasteiger partial charge is 0.0885 e. The Bertz CT molecular complexity index is 144. The summed E-state index contributed by atoms with van der Waals surface area (Å²) in [5.74, 6) is 0. The molecule has 0 saturated carbocycles. The Morgan fingerprint density at radius 1 is 0.733 bits per heavy atom. The van der Waals surface area contributed by atoms with E-state index in [2.05, 4.69) is 19.1 Å². The summed E-state index contributed by atoms with van der Waals surface area (Å²) >= 11 is 0. The van der Waals surface area contributed by atoms with Crippen LogP contribution in [0.15, 0.2) is 18.2 Å². The van der Waals surface area contributed by atoms with Crippen molar-refractivity contribution >= 4 is 0 Å². The van der Waals surface area contributed by atoms with Crippen molar-refractivity contribution < 1.29 is 0 Å². The van der Waals surface area contributed by atoms with Crippen molar-refractivity contribution in [3.05, 3.63) is 24.8 Å². The molecule has 0 fully saturated rings. The zero-order chi connectivity index (χ0) is 11.2. The van der Waals surface area contributed by atoms with Crippen LogP contribution in [0.3, 0.4) is 0 Å². The third-order valence-electron chi connectivity index (χ3n) is 2.63. The van der Waals surface area contributed by atoms with Gasteiger partial charge in [0.2, 0.25) is 0 Å². The topological polar surface area (TPSA) is 0 Å². The molecule has 0 N–H and O–H groups in total. The third-order valence-corrected chi connectivity index (χ3v) is 2.63. The number of hydrogen-bond acceptors (Lipinski definition) is 0. The lowest BCUT2D eigenvalue weighted by Crippen LogP contribution is -1.76. The fourth-order valence-corrected chi connectivity index (χ4v) is 1.63. The van der Waals surface area contributed by atoms with Crippen molar-refractivity contribution in [3.63, 3.8) is 0 Å². The van der Waals surface area contributed by atoms with E-state index in [-0.39, 0.29) is 0 Å². The van der Waals surface area contributed by atoms with Crippen LogP contribution >= 0.6 is 0 Å². The Labute approximate surface area is 96.5 Å². The second-order valence-electron chi connectivity index (χ2n) is 4.19. The molecule has 0 rings (SSSR count). The van der Waals surface area contributed by atoms with Crippen LogP contribution in [0, 0.1) is 6.58 Å². The molecule has 0 aromatic carbocycles. The molecule has 0 amide bonds. The number of hydrogen-bond donors (Lipinski definition) is 0. The van der Waals surface area contributed by atoms with Crippen LogP contribution in [-0.2, 0) is 0 Å². The van der Waals surface area contributed by atoms with E-state index < -0.39 is 0 Å². The second-order valence-corrected chi connectivity index (χ2v) is 4.19. The summed E-state index contributed by atoms with van der Waals surface area (Å²) in [5, 5.41) is 0. The van der Waals surface area contributed by atoms with Gasteiger partial charge in [0.15, 0.2) is 0 Å². The molecule has 0 aliphatic carbocycles. The quantitative estimate of drug-likeness (QED) is 0.312. The summed E-state index contributed by atoms with van der Waals surface area (Å²) in [6, 6.07) is 0. The first-order valence-corrected chi connectivity index (χ1v) is 6.60. The maximum Gasteiger partial charge on any atom is -0.0348 e. The molecular weight excluding hydrogens is 180 g/mol. The summed E-state index contributed by atoms with van der Waals surface area (Å²) in [5.41, 5.74) is 0. The molecule has 0 aromatic rings. The normalized spacial score (nSPS) is 11.0. The van der Waals surface area contributed by atoms with Gasteiger partial charge in [0.1, 0.15) is 0 Å². The Balaban J connectivity index is 3.00. The van der Waals surface area contributed by atoms with Gasteiger partial charge in [0.05, 0.1) is 0 Å². The monoisotopic (exact) mass is 207 g/mol. The fraction of sp³-hybridized carbons (Fsp3) is 0.733. The van der Waals surface area contributed by atoms with Gasteiger partial charge in [-0.1, -0.05) is 57.4 Å². The standard InChI is InChI=1S/C15H27/c1-3-5-7-9-11-13-15-14-12-10-8-6-4-2/h1,3,14-15H,4-13H2,2H3/b3-1?,15-14+. The van der Waals surface area contributed by atoms with Gasteiger partial charge in [0.25, 0.3) is 0 Å². The highest BCUT2D eigenvalue weighted by Gasteiger charge is 1.86. The number of rotatable bonds is 11. The molecule has 0 aliphatic rings. The van der Waals surface area contributed by atoms with Gasteiger partial charge in [-0.05, 0) is 38.5 Å². The lowest BCUT2D eigenvalue weighted by molar-refractivity contribution is 0.670. The van der Waals surface area contributed by atoms with Gasteiger partial charge in [-0.15, -0.1) is 0 Å². The van der Waals surface area contributed by atoms with Crippen molar-refractivity contribution in [1.82, 2.24) is 0 Å². The van der Waals surface area contributed by atoms with Gasteiger partial charge in [0, 0.05) is 0 Å². The first-order chi connectivity index (χ1) is 7.41. The summed E-state index contributed by atoms with van der Waals surface area (Å²) in [6.45, 7) is 7.57. The molecule has 0 heteroatoms. The highest BCUT2D eigenvalue weighted by atomic mass is 13.9. The minimum absolute atomic E-state index is 1.07. The van der Waals surface area contributed by atoms with Crippen LogP contribution in [0.5, 0.6) is 0 Å². The molecule has 0 saturated heterocycles. The van der Waals surface area contributed by atoms with Crippen molar-refractivity contribution in [2.45, 2.75) is 71.1 Å². The van der Waals surface area contributed by atoms with Crippen molar-refractivity contribution in [2.24, 2.45) is 0 Å². The summed E-state index contributed by atoms with van der Waals surface area (Å²) < 4.78 is 0. The maximum absolute atomic E-state index is 5.31. The van der Waals surface area contributed by atoms with E-state index >= 15 is 0 Å². The van der Waals surface area contributed by atoms with Crippen LogP contribution in [0.1, 0.15) is 71.1 Å². The van der Waals surface area contributed by atoms with Crippen molar-refractivity contribution in [2.75, 3.05) is 0 Å². The lowest BCUT2D eigenvalue weighted by Gasteiger charge is -1.96. The summed E-state index contributed by atoms with van der Waals surface area (Å²) in [6.07, 6.45) is 19.4. The molecule has 15 heavy (non-hydrogen) atoms. The first kappa shape index (κ1) is 14.5. The first-order valence-electron chi connectivity index (χ1n) is 6.60. The SMILES string of the molecule is [CH]=CCCCCC/C=C/CCCCCC. The molecule has 0 nitrogen and oxygen atoms in total. The zero-order valence-electron chi connectivity index (χ0n) is 10.4. The van der Waals surface area contributed by atoms with Crippen LogP contribution in [0.4, 0.5) is 0 Å². The Hall–Kier alpha value is -0.520. The van der Waals surface area contributed by atoms with E-state index in [0.29, 0.717) is 0 Å². The van der Waals surface area contributed by atoms with Crippen LogP contribution < -0.4 is 0 Å². The maximum atomic E-state index is 5.31. The predicted octanol–water partition coefficient (Wildman–Crippen LogP) is 5.45. The van der Waals surface area contributed by atoms with Crippen molar-refractivity contribution in [1.29, 1.82) is 0 Å². The average molecular weight is 207 g/mol. The Kier molecular flexibility index (Phi) is 13.0. The minimum atomic E-state index is 1.07. The van der Waals surface area contributed by atoms with E-state index in [4.69, 9.17) is 6.58 Å². The molecule has 0 atom stereocenters. The zero-order valence-corrected chi connectivity index (χ0v) is 10.4. The van der Waals surface area contributed by atoms with E-state index in [0.717, 1.165) is 6.42 Å². The van der Waals surface area contributed by atoms with Gasteiger partial charge in [-0.3, -0.25) is 0 Å². The average Bonchev–Trinajstić information content (AvgIpc) is 2.26. The van der Waals surface area contributed by atoms with E-state index in [1.165, 1.54) is 57.8 Å². The molecule has 0 bridgehead atoms. The molecule has 87 valence electrons. The summed E-state index contributed by atoms with van der Waals surface area (Å²) in [4.78, 5) is 0. The Morgan fingerprint density at radius 3 is 1.80 bits per heavy atom. The third kappa shape index (κ3) is 13.5. The van der Waals surface area contributed by atoms with Gasteiger partial charge in [-0.25, -0.2) is 0 Å². The predicted molar refractivity (Wildman–Crippen MR) is 69.9 cm³/mol. The second kappa shape index (κ2) is 13.5. The molecule has 0 heterocycles. The smallest absolute Gasteiger partial charge is 0.0348 e. The fourth-order valence-electron chi connectivity index (χ4n) is 1.63. The molecule has 0 unspecified atom stereocenters. The molecule has 0 spiro atoms. The van der Waals surface area contributed by atoms with Gasteiger partial charge < -0.3 is 0 Å². The van der Waals surface area contributed by atoms with Gasteiger partial charge in [-0.2, -0.15) is 0 Å². The highest BCUT2D eigenvalue weighted by Crippen LogP contribution is 2.06. The minimum Gasteiger partial charge on any atom is -0.0885 e. The Morgan fingerprint density at radius 2 is 1.27 bits per heavy atom. The molecule has 0 aliphatic heterocycles. The highest BCUT2D eigenvalue weighted by molar-refractivity contribution is 4.81. The van der Waals surface area contributed by atoms with Crippen LogP contribution in [-0.4, -0.2) is 0 Å². The van der Waals surface area contributed by atoms with Crippen LogP contribution in [0.2, 0.25) is 0 Å².